The molecule has 1 fully saturated rings. The van der Waals surface area contributed by atoms with Gasteiger partial charge in [0.1, 0.15) is 0 Å². The molecular weight excluding hydrogens is 246 g/mol. The van der Waals surface area contributed by atoms with Crippen molar-refractivity contribution >= 4 is 5.69 Å². The lowest BCUT2D eigenvalue weighted by Gasteiger charge is -2.36. The zero-order chi connectivity index (χ0) is 13.8. The molecule has 1 saturated heterocycles. The topological polar surface area (TPSA) is 19.4 Å². The summed E-state index contributed by atoms with van der Waals surface area (Å²) < 4.78 is 0. The summed E-state index contributed by atoms with van der Waals surface area (Å²) in [5.74, 6) is 0. The molecule has 0 atom stereocenters. The predicted octanol–water partition coefficient (Wildman–Crippen LogP) is 2.71. The maximum absolute atomic E-state index is 4.19. The lowest BCUT2D eigenvalue weighted by atomic mass is 10.2. The van der Waals surface area contributed by atoms with Gasteiger partial charge in [-0.05, 0) is 36.2 Å². The Morgan fingerprint density at radius 2 is 1.90 bits per heavy atom. The normalized spacial score (nSPS) is 16.4. The van der Waals surface area contributed by atoms with Crippen LogP contribution in [0.25, 0.3) is 0 Å². The molecule has 0 amide bonds. The molecule has 3 rings (SSSR count). The Labute approximate surface area is 120 Å². The van der Waals surface area contributed by atoms with Crippen LogP contribution in [-0.2, 0) is 6.54 Å². The van der Waals surface area contributed by atoms with Crippen molar-refractivity contribution in [3.63, 3.8) is 0 Å². The van der Waals surface area contributed by atoms with E-state index in [9.17, 15) is 0 Å². The average molecular weight is 267 g/mol. The van der Waals surface area contributed by atoms with Gasteiger partial charge < -0.3 is 4.90 Å². The Hall–Kier alpha value is -1.87. The molecule has 20 heavy (non-hydrogen) atoms. The average Bonchev–Trinajstić information content (AvgIpc) is 2.49. The molecule has 1 aromatic carbocycles. The van der Waals surface area contributed by atoms with Crippen LogP contribution in [0.3, 0.4) is 0 Å². The van der Waals surface area contributed by atoms with E-state index < -0.39 is 0 Å². The fraction of sp³-hybridized carbons (Fsp3) is 0.353. The van der Waals surface area contributed by atoms with E-state index in [0.717, 1.165) is 32.7 Å². The van der Waals surface area contributed by atoms with Gasteiger partial charge in [-0.1, -0.05) is 18.2 Å². The number of nitrogens with zero attached hydrogens (tertiary/aromatic N) is 3. The molecule has 1 aromatic heterocycles. The number of hydrogen-bond donors (Lipinski definition) is 0. The van der Waals surface area contributed by atoms with Crippen molar-refractivity contribution < 1.29 is 0 Å². The first-order valence-corrected chi connectivity index (χ1v) is 7.24. The zero-order valence-corrected chi connectivity index (χ0v) is 12.0. The highest BCUT2D eigenvalue weighted by molar-refractivity contribution is 5.48. The van der Waals surface area contributed by atoms with Gasteiger partial charge in [0.25, 0.3) is 0 Å². The Morgan fingerprint density at radius 3 is 2.60 bits per heavy atom. The maximum atomic E-state index is 4.19. The lowest BCUT2D eigenvalue weighted by molar-refractivity contribution is 0.249. The van der Waals surface area contributed by atoms with E-state index in [1.165, 1.54) is 16.8 Å². The van der Waals surface area contributed by atoms with Crippen LogP contribution in [0.4, 0.5) is 5.69 Å². The number of piperazine rings is 1. The number of benzene rings is 1. The Bertz CT molecular complexity index is 545. The molecular formula is C17H21N3. The van der Waals surface area contributed by atoms with Crippen LogP contribution in [0.1, 0.15) is 11.1 Å². The second-order valence-electron chi connectivity index (χ2n) is 5.46. The third-order valence-corrected chi connectivity index (χ3v) is 3.87. The molecule has 3 heteroatoms. The first kappa shape index (κ1) is 13.1. The Morgan fingerprint density at radius 1 is 1.05 bits per heavy atom. The van der Waals surface area contributed by atoms with Crippen molar-refractivity contribution in [1.29, 1.82) is 0 Å². The third-order valence-electron chi connectivity index (χ3n) is 3.87. The number of aryl methyl sites for hydroxylation is 1. The summed E-state index contributed by atoms with van der Waals surface area (Å²) in [6.45, 7) is 7.59. The van der Waals surface area contributed by atoms with Gasteiger partial charge in [-0.2, -0.15) is 0 Å². The van der Waals surface area contributed by atoms with Crippen molar-refractivity contribution in [2.75, 3.05) is 31.1 Å². The molecule has 0 bridgehead atoms. The van der Waals surface area contributed by atoms with Crippen LogP contribution >= 0.6 is 0 Å². The van der Waals surface area contributed by atoms with Crippen LogP contribution in [0.2, 0.25) is 0 Å². The number of aromatic nitrogens is 1. The highest BCUT2D eigenvalue weighted by Gasteiger charge is 2.17. The van der Waals surface area contributed by atoms with E-state index in [1.807, 2.05) is 18.5 Å². The molecule has 3 nitrogen and oxygen atoms in total. The number of anilines is 1. The van der Waals surface area contributed by atoms with E-state index >= 15 is 0 Å². The summed E-state index contributed by atoms with van der Waals surface area (Å²) >= 11 is 0. The van der Waals surface area contributed by atoms with Crippen molar-refractivity contribution in [2.24, 2.45) is 0 Å². The molecule has 2 heterocycles. The standard InChI is InChI=1S/C17H21N3/c1-15-4-2-6-17(12-15)20-10-8-19(9-11-20)14-16-5-3-7-18-13-16/h2-7,12-13H,8-11,14H2,1H3. The van der Waals surface area contributed by atoms with Crippen molar-refractivity contribution in [1.82, 2.24) is 9.88 Å². The highest BCUT2D eigenvalue weighted by Crippen LogP contribution is 2.18. The SMILES string of the molecule is Cc1cccc(N2CCN(Cc3cccnc3)CC2)c1. The molecule has 0 spiro atoms. The summed E-state index contributed by atoms with van der Waals surface area (Å²) in [6.07, 6.45) is 3.80. The Kier molecular flexibility index (Phi) is 3.97. The van der Waals surface area contributed by atoms with Gasteiger partial charge in [0.15, 0.2) is 0 Å². The minimum absolute atomic E-state index is 1.01. The summed E-state index contributed by atoms with van der Waals surface area (Å²) in [4.78, 5) is 9.17. The maximum Gasteiger partial charge on any atom is 0.0369 e. The monoisotopic (exact) mass is 267 g/mol. The van der Waals surface area contributed by atoms with Crippen molar-refractivity contribution in [2.45, 2.75) is 13.5 Å². The molecule has 0 saturated carbocycles. The minimum atomic E-state index is 1.01. The van der Waals surface area contributed by atoms with Gasteiger partial charge in [0.05, 0.1) is 0 Å². The first-order chi connectivity index (χ1) is 9.81. The summed E-state index contributed by atoms with van der Waals surface area (Å²) in [7, 11) is 0. The van der Waals surface area contributed by atoms with E-state index in [0.29, 0.717) is 0 Å². The molecule has 0 aliphatic carbocycles. The summed E-state index contributed by atoms with van der Waals surface area (Å²) in [5.41, 5.74) is 3.99. The van der Waals surface area contributed by atoms with Gasteiger partial charge in [0.2, 0.25) is 0 Å². The molecule has 1 aliphatic rings. The third kappa shape index (κ3) is 3.17. The minimum Gasteiger partial charge on any atom is -0.369 e. The highest BCUT2D eigenvalue weighted by atomic mass is 15.3. The van der Waals surface area contributed by atoms with Crippen LogP contribution in [-0.4, -0.2) is 36.1 Å². The van der Waals surface area contributed by atoms with Crippen LogP contribution in [0.5, 0.6) is 0 Å². The second-order valence-corrected chi connectivity index (χ2v) is 5.46. The predicted molar refractivity (Wildman–Crippen MR) is 82.9 cm³/mol. The zero-order valence-electron chi connectivity index (χ0n) is 12.0. The fourth-order valence-electron chi connectivity index (χ4n) is 2.74. The first-order valence-electron chi connectivity index (χ1n) is 7.24. The molecule has 1 aliphatic heterocycles. The number of hydrogen-bond acceptors (Lipinski definition) is 3. The number of rotatable bonds is 3. The fourth-order valence-corrected chi connectivity index (χ4v) is 2.74. The van der Waals surface area contributed by atoms with Crippen molar-refractivity contribution in [3.05, 3.63) is 59.9 Å². The van der Waals surface area contributed by atoms with Gasteiger partial charge in [-0.25, -0.2) is 0 Å². The van der Waals surface area contributed by atoms with Gasteiger partial charge in [0, 0.05) is 50.8 Å². The summed E-state index contributed by atoms with van der Waals surface area (Å²) in [6, 6.07) is 13.0. The van der Waals surface area contributed by atoms with Crippen LogP contribution < -0.4 is 4.90 Å². The van der Waals surface area contributed by atoms with Crippen LogP contribution in [0.15, 0.2) is 48.8 Å². The smallest absolute Gasteiger partial charge is 0.0369 e. The van der Waals surface area contributed by atoms with E-state index in [4.69, 9.17) is 0 Å². The van der Waals surface area contributed by atoms with Gasteiger partial charge in [-0.15, -0.1) is 0 Å². The van der Waals surface area contributed by atoms with E-state index in [1.54, 1.807) is 0 Å². The second kappa shape index (κ2) is 6.06. The molecule has 0 unspecified atom stereocenters. The summed E-state index contributed by atoms with van der Waals surface area (Å²) in [5, 5.41) is 0. The van der Waals surface area contributed by atoms with Gasteiger partial charge in [-0.3, -0.25) is 9.88 Å². The molecule has 0 radical (unpaired) electrons. The van der Waals surface area contributed by atoms with Gasteiger partial charge >= 0.3 is 0 Å². The quantitative estimate of drug-likeness (QED) is 0.852. The Balaban J connectivity index is 1.57. The largest absolute Gasteiger partial charge is 0.369 e. The number of pyridine rings is 1. The van der Waals surface area contributed by atoms with E-state index in [-0.39, 0.29) is 0 Å². The molecule has 0 N–H and O–H groups in total. The van der Waals surface area contributed by atoms with Crippen LogP contribution in [0, 0.1) is 6.92 Å². The molecule has 104 valence electrons. The lowest BCUT2D eigenvalue weighted by Crippen LogP contribution is -2.46. The molecule has 2 aromatic rings. The van der Waals surface area contributed by atoms with Crippen molar-refractivity contribution in [3.8, 4) is 0 Å². The van der Waals surface area contributed by atoms with E-state index in [2.05, 4.69) is 52.0 Å².